The third-order valence-corrected chi connectivity index (χ3v) is 9.10. The van der Waals surface area contributed by atoms with E-state index in [1.165, 1.54) is 28.8 Å². The molecule has 1 amide bonds. The van der Waals surface area contributed by atoms with E-state index in [1.807, 2.05) is 6.07 Å². The third-order valence-electron chi connectivity index (χ3n) is 8.12. The summed E-state index contributed by atoms with van der Waals surface area (Å²) in [7, 11) is 0. The number of benzene rings is 3. The fraction of sp³-hybridized carbons (Fsp3) is 0.242. The van der Waals surface area contributed by atoms with Crippen molar-refractivity contribution in [3.63, 3.8) is 0 Å². The molecule has 0 unspecified atom stereocenters. The van der Waals surface area contributed by atoms with Crippen LogP contribution < -0.4 is 25.1 Å². The number of para-hydroxylation sites is 1. The van der Waals surface area contributed by atoms with Gasteiger partial charge in [-0.15, -0.1) is 0 Å². The molecule has 4 aromatic rings. The molecule has 11 heteroatoms. The minimum absolute atomic E-state index is 0.0712. The second-order valence-corrected chi connectivity index (χ2v) is 12.1. The SMILES string of the molecule is CC1=C(C(=O)Nc2ccccc2)[C@H](c2ccc(F)cc2)n2c(s/c(=C/c3cc([N+](=O)[O-])ccc3N3CCC(C)CC3)c2=O)=N1. The lowest BCUT2D eigenvalue weighted by molar-refractivity contribution is -0.384. The van der Waals surface area contributed by atoms with Crippen molar-refractivity contribution >= 4 is 40.4 Å². The van der Waals surface area contributed by atoms with Crippen molar-refractivity contribution in [3.05, 3.63) is 131 Å². The average molecular weight is 612 g/mol. The first-order chi connectivity index (χ1) is 21.2. The largest absolute Gasteiger partial charge is 0.371 e. The van der Waals surface area contributed by atoms with E-state index in [2.05, 4.69) is 22.1 Å². The normalized spacial score (nSPS) is 17.3. The summed E-state index contributed by atoms with van der Waals surface area (Å²) in [5.41, 5.74) is 2.74. The number of amides is 1. The van der Waals surface area contributed by atoms with Crippen molar-refractivity contribution in [2.45, 2.75) is 32.7 Å². The van der Waals surface area contributed by atoms with Gasteiger partial charge in [-0.3, -0.25) is 24.3 Å². The van der Waals surface area contributed by atoms with Gasteiger partial charge in [-0.25, -0.2) is 9.38 Å². The summed E-state index contributed by atoms with van der Waals surface area (Å²) in [5, 5.41) is 14.6. The van der Waals surface area contributed by atoms with Gasteiger partial charge in [0.15, 0.2) is 4.80 Å². The molecule has 6 rings (SSSR count). The number of fused-ring (bicyclic) bond motifs is 1. The Labute approximate surface area is 256 Å². The number of aromatic nitrogens is 1. The quantitative estimate of drug-likeness (QED) is 0.239. The van der Waals surface area contributed by atoms with Gasteiger partial charge in [0.2, 0.25) is 0 Å². The van der Waals surface area contributed by atoms with Crippen LogP contribution in [0, 0.1) is 21.8 Å². The average Bonchev–Trinajstić information content (AvgIpc) is 3.31. The van der Waals surface area contributed by atoms with Gasteiger partial charge in [0.1, 0.15) is 5.82 Å². The van der Waals surface area contributed by atoms with Gasteiger partial charge < -0.3 is 10.2 Å². The van der Waals surface area contributed by atoms with Crippen molar-refractivity contribution in [1.29, 1.82) is 0 Å². The van der Waals surface area contributed by atoms with Gasteiger partial charge in [0.25, 0.3) is 17.2 Å². The third kappa shape index (κ3) is 5.70. The van der Waals surface area contributed by atoms with Crippen LogP contribution in [-0.4, -0.2) is 28.5 Å². The van der Waals surface area contributed by atoms with Crippen molar-refractivity contribution in [2.75, 3.05) is 23.3 Å². The Hall–Kier alpha value is -4.90. The first-order valence-electron chi connectivity index (χ1n) is 14.4. The summed E-state index contributed by atoms with van der Waals surface area (Å²) >= 11 is 1.15. The molecule has 0 saturated carbocycles. The molecule has 3 aromatic carbocycles. The number of hydrogen-bond donors (Lipinski definition) is 1. The number of rotatable bonds is 6. The lowest BCUT2D eigenvalue weighted by Gasteiger charge is -2.33. The Bertz CT molecular complexity index is 1960. The van der Waals surface area contributed by atoms with E-state index in [1.54, 1.807) is 55.5 Å². The highest BCUT2D eigenvalue weighted by atomic mass is 32.1. The number of anilines is 2. The molecule has 0 bridgehead atoms. The number of piperidine rings is 1. The topological polar surface area (TPSA) is 110 Å². The molecule has 224 valence electrons. The summed E-state index contributed by atoms with van der Waals surface area (Å²) in [6, 6.07) is 18.5. The number of nitrogens with one attached hydrogen (secondary N) is 1. The first-order valence-corrected chi connectivity index (χ1v) is 15.2. The van der Waals surface area contributed by atoms with Gasteiger partial charge >= 0.3 is 0 Å². The van der Waals surface area contributed by atoms with E-state index in [0.717, 1.165) is 43.0 Å². The van der Waals surface area contributed by atoms with Gasteiger partial charge in [-0.2, -0.15) is 0 Å². The minimum atomic E-state index is -0.870. The van der Waals surface area contributed by atoms with E-state index >= 15 is 0 Å². The van der Waals surface area contributed by atoms with Gasteiger partial charge in [0.05, 0.1) is 26.8 Å². The number of halogens is 1. The maximum absolute atomic E-state index is 14.2. The molecule has 0 spiro atoms. The number of hydrogen-bond acceptors (Lipinski definition) is 7. The van der Waals surface area contributed by atoms with E-state index < -0.39 is 28.2 Å². The highest BCUT2D eigenvalue weighted by Crippen LogP contribution is 2.32. The summed E-state index contributed by atoms with van der Waals surface area (Å²) in [5.74, 6) is -0.275. The lowest BCUT2D eigenvalue weighted by atomic mass is 9.95. The molecule has 1 atom stereocenters. The molecule has 1 N–H and O–H groups in total. The zero-order valence-electron chi connectivity index (χ0n) is 24.2. The number of thiazole rings is 1. The van der Waals surface area contributed by atoms with Crippen LogP contribution in [0.2, 0.25) is 0 Å². The van der Waals surface area contributed by atoms with Gasteiger partial charge in [-0.05, 0) is 67.7 Å². The van der Waals surface area contributed by atoms with Crippen LogP contribution in [0.4, 0.5) is 21.5 Å². The number of nitro benzene ring substituents is 1. The Balaban J connectivity index is 1.50. The second kappa shape index (κ2) is 12.0. The Morgan fingerprint density at radius 2 is 1.80 bits per heavy atom. The molecule has 2 aliphatic rings. The van der Waals surface area contributed by atoms with E-state index in [4.69, 9.17) is 0 Å². The van der Waals surface area contributed by atoms with Gasteiger partial charge in [0, 0.05) is 42.2 Å². The van der Waals surface area contributed by atoms with Crippen molar-refractivity contribution in [3.8, 4) is 0 Å². The number of carbonyl (C=O) groups excluding carboxylic acids is 1. The number of carbonyl (C=O) groups is 1. The van der Waals surface area contributed by atoms with Crippen molar-refractivity contribution in [1.82, 2.24) is 4.57 Å². The summed E-state index contributed by atoms with van der Waals surface area (Å²) in [6.45, 7) is 5.54. The highest BCUT2D eigenvalue weighted by molar-refractivity contribution is 7.07. The zero-order valence-corrected chi connectivity index (χ0v) is 25.0. The highest BCUT2D eigenvalue weighted by Gasteiger charge is 2.32. The standard InChI is InChI=1S/C33H30FN5O4S/c1-20-14-16-37(17-15-20)27-13-12-26(39(42)43)18-23(27)19-28-32(41)38-30(22-8-10-24(34)11-9-22)29(21(2)35-33(38)44-28)31(40)36-25-6-4-3-5-7-25/h3-13,18-20,30H,14-17H2,1-2H3,(H,36,40)/b28-19+/t30-/m0/s1. The van der Waals surface area contributed by atoms with Crippen LogP contribution in [0.15, 0.2) is 93.9 Å². The molecule has 1 fully saturated rings. The fourth-order valence-electron chi connectivity index (χ4n) is 5.74. The monoisotopic (exact) mass is 611 g/mol. The maximum atomic E-state index is 14.2. The number of allylic oxidation sites excluding steroid dienone is 1. The number of nitro groups is 1. The molecule has 0 radical (unpaired) electrons. The van der Waals surface area contributed by atoms with Crippen LogP contribution in [0.1, 0.15) is 43.9 Å². The van der Waals surface area contributed by atoms with Crippen molar-refractivity contribution in [2.24, 2.45) is 10.9 Å². The minimum Gasteiger partial charge on any atom is -0.371 e. The maximum Gasteiger partial charge on any atom is 0.271 e. The zero-order chi connectivity index (χ0) is 31.0. The first kappa shape index (κ1) is 29.2. The molecular formula is C33H30FN5O4S. The molecule has 1 aromatic heterocycles. The van der Waals surface area contributed by atoms with Crippen LogP contribution in [0.5, 0.6) is 0 Å². The van der Waals surface area contributed by atoms with Crippen LogP contribution in [-0.2, 0) is 4.79 Å². The molecule has 0 aliphatic carbocycles. The summed E-state index contributed by atoms with van der Waals surface area (Å²) in [4.78, 5) is 46.3. The molecule has 3 heterocycles. The Morgan fingerprint density at radius 1 is 1.09 bits per heavy atom. The Kier molecular flexibility index (Phi) is 7.96. The van der Waals surface area contributed by atoms with Crippen molar-refractivity contribution < 1.29 is 14.1 Å². The van der Waals surface area contributed by atoms with Crippen LogP contribution in [0.25, 0.3) is 6.08 Å². The molecule has 9 nitrogen and oxygen atoms in total. The molecular weight excluding hydrogens is 581 g/mol. The van der Waals surface area contributed by atoms with E-state index in [-0.39, 0.29) is 11.3 Å². The smallest absolute Gasteiger partial charge is 0.271 e. The predicted molar refractivity (Wildman–Crippen MR) is 169 cm³/mol. The van der Waals surface area contributed by atoms with Crippen LogP contribution >= 0.6 is 11.3 Å². The number of nitrogens with zero attached hydrogens (tertiary/aromatic N) is 4. The molecule has 2 aliphatic heterocycles. The molecule has 1 saturated heterocycles. The van der Waals surface area contributed by atoms with Gasteiger partial charge in [-0.1, -0.05) is 48.6 Å². The fourth-order valence-corrected chi connectivity index (χ4v) is 6.78. The summed E-state index contributed by atoms with van der Waals surface area (Å²) < 4.78 is 15.7. The number of non-ortho nitro benzene ring substituents is 1. The lowest BCUT2D eigenvalue weighted by Crippen LogP contribution is -2.40. The van der Waals surface area contributed by atoms with Crippen LogP contribution in [0.3, 0.4) is 0 Å². The second-order valence-electron chi connectivity index (χ2n) is 11.1. The summed E-state index contributed by atoms with van der Waals surface area (Å²) in [6.07, 6.45) is 3.68. The molecule has 44 heavy (non-hydrogen) atoms. The van der Waals surface area contributed by atoms with E-state index in [0.29, 0.717) is 37.8 Å². The Morgan fingerprint density at radius 3 is 2.48 bits per heavy atom. The van der Waals surface area contributed by atoms with E-state index in [9.17, 15) is 24.1 Å². The predicted octanol–water partition coefficient (Wildman–Crippen LogP) is 5.16.